The summed E-state index contributed by atoms with van der Waals surface area (Å²) in [7, 11) is 1.66. The van der Waals surface area contributed by atoms with Crippen LogP contribution in [0.3, 0.4) is 0 Å². The van der Waals surface area contributed by atoms with Crippen LogP contribution in [-0.4, -0.2) is 49.2 Å². The minimum atomic E-state index is -0.877. The van der Waals surface area contributed by atoms with Crippen molar-refractivity contribution in [1.82, 2.24) is 9.88 Å². The molecule has 35 heavy (non-hydrogen) atoms. The van der Waals surface area contributed by atoms with Crippen LogP contribution in [0.1, 0.15) is 42.9 Å². The molecule has 0 saturated carbocycles. The molecule has 2 saturated heterocycles. The molecule has 182 valence electrons. The van der Waals surface area contributed by atoms with E-state index in [0.29, 0.717) is 44.7 Å². The summed E-state index contributed by atoms with van der Waals surface area (Å²) in [5.74, 6) is 0.600. The number of hydrogen-bond donors (Lipinski definition) is 0. The van der Waals surface area contributed by atoms with E-state index in [-0.39, 0.29) is 17.6 Å². The quantitative estimate of drug-likeness (QED) is 0.500. The Kier molecular flexibility index (Phi) is 6.82. The molecule has 3 aromatic rings. The van der Waals surface area contributed by atoms with E-state index >= 15 is 0 Å². The van der Waals surface area contributed by atoms with Crippen molar-refractivity contribution in [2.45, 2.75) is 37.0 Å². The molecule has 2 aromatic carbocycles. The fraction of sp³-hybridized carbons (Fsp3) is 0.379. The number of carbonyl (C=O) groups is 1. The summed E-state index contributed by atoms with van der Waals surface area (Å²) >= 11 is 0. The highest BCUT2D eigenvalue weighted by Crippen LogP contribution is 2.40. The van der Waals surface area contributed by atoms with Gasteiger partial charge >= 0.3 is 0 Å². The summed E-state index contributed by atoms with van der Waals surface area (Å²) in [6.45, 7) is 2.18. The van der Waals surface area contributed by atoms with Crippen LogP contribution in [0.2, 0.25) is 0 Å². The molecule has 1 atom stereocenters. The van der Waals surface area contributed by atoms with Gasteiger partial charge in [-0.3, -0.25) is 9.78 Å². The van der Waals surface area contributed by atoms with Gasteiger partial charge in [-0.25, -0.2) is 4.39 Å². The molecule has 0 radical (unpaired) electrons. The number of nitrogens with zero attached hydrogens (tertiary/aromatic N) is 2. The highest BCUT2D eigenvalue weighted by molar-refractivity contribution is 5.88. The predicted molar refractivity (Wildman–Crippen MR) is 133 cm³/mol. The number of para-hydroxylation sites is 1. The van der Waals surface area contributed by atoms with E-state index in [1.54, 1.807) is 19.2 Å². The fourth-order valence-electron chi connectivity index (χ4n) is 5.56. The normalized spacial score (nSPS) is 19.8. The fourth-order valence-corrected chi connectivity index (χ4v) is 5.56. The smallest absolute Gasteiger partial charge is 0.233 e. The van der Waals surface area contributed by atoms with E-state index in [2.05, 4.69) is 0 Å². The molecule has 2 aliphatic rings. The van der Waals surface area contributed by atoms with Gasteiger partial charge in [-0.2, -0.15) is 0 Å². The Hall–Kier alpha value is -3.25. The molecule has 2 aliphatic heterocycles. The lowest BCUT2D eigenvalue weighted by Crippen LogP contribution is -2.52. The van der Waals surface area contributed by atoms with Gasteiger partial charge in [0.2, 0.25) is 5.91 Å². The summed E-state index contributed by atoms with van der Waals surface area (Å²) in [5.41, 5.74) is 2.39. The summed E-state index contributed by atoms with van der Waals surface area (Å²) < 4.78 is 26.0. The van der Waals surface area contributed by atoms with Gasteiger partial charge in [0.05, 0.1) is 18.2 Å². The molecule has 0 unspecified atom stereocenters. The molecular formula is C29H31FN2O3. The van der Waals surface area contributed by atoms with Crippen LogP contribution in [0.4, 0.5) is 4.39 Å². The summed E-state index contributed by atoms with van der Waals surface area (Å²) in [6, 6.07) is 20.6. The Morgan fingerprint density at radius 1 is 1.06 bits per heavy atom. The van der Waals surface area contributed by atoms with Crippen LogP contribution in [0, 0.1) is 5.82 Å². The predicted octanol–water partition coefficient (Wildman–Crippen LogP) is 5.35. The lowest BCUT2D eigenvalue weighted by atomic mass is 9.72. The van der Waals surface area contributed by atoms with E-state index in [1.807, 2.05) is 53.4 Å². The number of methoxy groups -OCH3 is 1. The summed E-state index contributed by atoms with van der Waals surface area (Å²) in [5, 5.41) is 0. The van der Waals surface area contributed by atoms with Crippen molar-refractivity contribution < 1.29 is 18.7 Å². The molecular weight excluding hydrogens is 443 g/mol. The van der Waals surface area contributed by atoms with E-state index in [4.69, 9.17) is 14.5 Å². The number of ether oxygens (including phenoxy) is 2. The second-order valence-corrected chi connectivity index (χ2v) is 9.41. The maximum absolute atomic E-state index is 14.9. The van der Waals surface area contributed by atoms with Gasteiger partial charge in [0.15, 0.2) is 0 Å². The van der Waals surface area contributed by atoms with Gasteiger partial charge in [0, 0.05) is 49.0 Å². The Morgan fingerprint density at radius 2 is 1.83 bits per heavy atom. The van der Waals surface area contributed by atoms with E-state index < -0.39 is 5.41 Å². The van der Waals surface area contributed by atoms with Crippen LogP contribution in [0.25, 0.3) is 11.3 Å². The molecule has 0 bridgehead atoms. The van der Waals surface area contributed by atoms with Crippen molar-refractivity contribution in [1.29, 1.82) is 0 Å². The minimum Gasteiger partial charge on any atom is -0.496 e. The maximum atomic E-state index is 14.9. The Morgan fingerprint density at radius 3 is 2.63 bits per heavy atom. The standard InChI is InChI=1S/C29H31FN2O3/c1-34-27-14-5-2-9-22(27)26-13-6-12-25(31-26)21-8-7-17-32(20-21)28(33)29(15-18-35-19-16-29)23-10-3-4-11-24(23)30/h2-6,9-14,21H,7-8,15-20H2,1H3/t21-/m0/s1. The number of likely N-dealkylation sites (tertiary alicyclic amines) is 1. The van der Waals surface area contributed by atoms with Gasteiger partial charge in [-0.05, 0) is 56.0 Å². The van der Waals surface area contributed by atoms with Crippen molar-refractivity contribution in [3.63, 3.8) is 0 Å². The Labute approximate surface area is 205 Å². The molecule has 1 aromatic heterocycles. The SMILES string of the molecule is COc1ccccc1-c1cccc([C@H]2CCCN(C(=O)C3(c4ccccc4F)CCOCC3)C2)n1. The second kappa shape index (κ2) is 10.2. The van der Waals surface area contributed by atoms with Gasteiger partial charge < -0.3 is 14.4 Å². The first-order valence-electron chi connectivity index (χ1n) is 12.3. The number of benzene rings is 2. The topological polar surface area (TPSA) is 51.7 Å². The van der Waals surface area contributed by atoms with Gasteiger partial charge in [-0.15, -0.1) is 0 Å². The van der Waals surface area contributed by atoms with Gasteiger partial charge in [0.25, 0.3) is 0 Å². The monoisotopic (exact) mass is 474 g/mol. The van der Waals surface area contributed by atoms with Crippen LogP contribution in [0.5, 0.6) is 5.75 Å². The number of carbonyl (C=O) groups excluding carboxylic acids is 1. The van der Waals surface area contributed by atoms with Crippen LogP contribution < -0.4 is 4.74 Å². The first-order valence-corrected chi connectivity index (χ1v) is 12.3. The van der Waals surface area contributed by atoms with Crippen molar-refractivity contribution >= 4 is 5.91 Å². The van der Waals surface area contributed by atoms with Crippen LogP contribution in [-0.2, 0) is 14.9 Å². The second-order valence-electron chi connectivity index (χ2n) is 9.41. The molecule has 2 fully saturated rings. The zero-order chi connectivity index (χ0) is 24.3. The lowest BCUT2D eigenvalue weighted by molar-refractivity contribution is -0.142. The number of amides is 1. The molecule has 0 aliphatic carbocycles. The molecule has 3 heterocycles. The van der Waals surface area contributed by atoms with Gasteiger partial charge in [-0.1, -0.05) is 36.4 Å². The number of hydrogen-bond acceptors (Lipinski definition) is 4. The first kappa shape index (κ1) is 23.5. The summed E-state index contributed by atoms with van der Waals surface area (Å²) in [6.07, 6.45) is 2.84. The van der Waals surface area contributed by atoms with Crippen LogP contribution >= 0.6 is 0 Å². The average molecular weight is 475 g/mol. The third-order valence-corrected chi connectivity index (χ3v) is 7.43. The summed E-state index contributed by atoms with van der Waals surface area (Å²) in [4.78, 5) is 21.0. The maximum Gasteiger partial charge on any atom is 0.233 e. The molecule has 5 nitrogen and oxygen atoms in total. The molecule has 5 rings (SSSR count). The highest BCUT2D eigenvalue weighted by Gasteiger charge is 2.46. The Bertz CT molecular complexity index is 1190. The molecule has 0 N–H and O–H groups in total. The highest BCUT2D eigenvalue weighted by atomic mass is 19.1. The first-order chi connectivity index (χ1) is 17.1. The zero-order valence-corrected chi connectivity index (χ0v) is 20.1. The van der Waals surface area contributed by atoms with Crippen molar-refractivity contribution in [2.75, 3.05) is 33.4 Å². The van der Waals surface area contributed by atoms with Crippen molar-refractivity contribution in [3.8, 4) is 17.0 Å². The third-order valence-electron chi connectivity index (χ3n) is 7.43. The largest absolute Gasteiger partial charge is 0.496 e. The van der Waals surface area contributed by atoms with E-state index in [1.165, 1.54) is 6.07 Å². The van der Waals surface area contributed by atoms with Crippen molar-refractivity contribution in [3.05, 3.63) is 83.8 Å². The molecule has 0 spiro atoms. The average Bonchev–Trinajstić information content (AvgIpc) is 2.93. The number of piperidine rings is 1. The minimum absolute atomic E-state index is 0.0106. The van der Waals surface area contributed by atoms with Crippen molar-refractivity contribution in [2.24, 2.45) is 0 Å². The number of aromatic nitrogens is 1. The van der Waals surface area contributed by atoms with E-state index in [0.717, 1.165) is 35.5 Å². The third kappa shape index (κ3) is 4.55. The van der Waals surface area contributed by atoms with Gasteiger partial charge in [0.1, 0.15) is 11.6 Å². The van der Waals surface area contributed by atoms with Crippen LogP contribution in [0.15, 0.2) is 66.7 Å². The number of pyridine rings is 1. The number of halogens is 1. The lowest BCUT2D eigenvalue weighted by Gasteiger charge is -2.42. The Balaban J connectivity index is 1.42. The molecule has 6 heteroatoms. The zero-order valence-electron chi connectivity index (χ0n) is 20.1. The number of rotatable bonds is 5. The molecule has 1 amide bonds. The van der Waals surface area contributed by atoms with E-state index in [9.17, 15) is 9.18 Å².